The third kappa shape index (κ3) is 2.91. The topological polar surface area (TPSA) is 55.8 Å². The van der Waals surface area contributed by atoms with Crippen LogP contribution in [0.4, 0.5) is 17.1 Å². The first-order valence-corrected chi connectivity index (χ1v) is 9.28. The highest BCUT2D eigenvalue weighted by Gasteiger charge is 2.38. The van der Waals surface area contributed by atoms with Gasteiger partial charge in [-0.1, -0.05) is 29.8 Å². The van der Waals surface area contributed by atoms with E-state index in [1.165, 1.54) is 5.56 Å². The normalized spacial score (nSPS) is 21.5. The Labute approximate surface area is 158 Å². The molecule has 0 spiro atoms. The number of hydrogen-bond donors (Lipinski definition) is 2. The molecular weight excluding hydrogens is 350 g/mol. The van der Waals surface area contributed by atoms with E-state index in [0.717, 1.165) is 36.4 Å². The van der Waals surface area contributed by atoms with Gasteiger partial charge >= 0.3 is 5.97 Å². The highest BCUT2D eigenvalue weighted by molar-refractivity contribution is 6.31. The van der Waals surface area contributed by atoms with Gasteiger partial charge in [0.15, 0.2) is 0 Å². The van der Waals surface area contributed by atoms with Crippen LogP contribution in [0.1, 0.15) is 24.4 Å². The SMILES string of the molecule is CN1c2ccccc2[C@H]2[C@H](NCC(=O)O)CCCN2c2cc(Cl)ccc21. The van der Waals surface area contributed by atoms with Crippen molar-refractivity contribution in [1.82, 2.24) is 5.32 Å². The van der Waals surface area contributed by atoms with Crippen LogP contribution in [0, 0.1) is 0 Å². The first-order valence-electron chi connectivity index (χ1n) is 8.90. The van der Waals surface area contributed by atoms with E-state index in [-0.39, 0.29) is 18.6 Å². The van der Waals surface area contributed by atoms with Gasteiger partial charge in [0.05, 0.1) is 24.0 Å². The number of carboxylic acid groups (broad SMARTS) is 1. The molecule has 136 valence electrons. The standard InChI is InChI=1S/C20H22ClN3O2/c1-23-16-7-3-2-5-14(16)20-15(22-12-19(25)26)6-4-10-24(20)18-11-13(21)8-9-17(18)23/h2-3,5,7-9,11,15,20,22H,4,6,10,12H2,1H3,(H,25,26)/t15-,20+/m1/s1. The zero-order valence-corrected chi connectivity index (χ0v) is 15.4. The maximum Gasteiger partial charge on any atom is 0.317 e. The smallest absolute Gasteiger partial charge is 0.317 e. The van der Waals surface area contributed by atoms with Crippen LogP contribution < -0.4 is 15.1 Å². The minimum absolute atomic E-state index is 0.0323. The Balaban J connectivity index is 1.87. The summed E-state index contributed by atoms with van der Waals surface area (Å²) in [7, 11) is 2.07. The first kappa shape index (κ1) is 17.2. The second-order valence-corrected chi connectivity index (χ2v) is 7.35. The highest BCUT2D eigenvalue weighted by atomic mass is 35.5. The number of fused-ring (bicyclic) bond motifs is 5. The van der Waals surface area contributed by atoms with E-state index >= 15 is 0 Å². The van der Waals surface area contributed by atoms with Crippen molar-refractivity contribution in [3.8, 4) is 0 Å². The first-order chi connectivity index (χ1) is 12.6. The van der Waals surface area contributed by atoms with Crippen LogP contribution in [-0.2, 0) is 4.79 Å². The summed E-state index contributed by atoms with van der Waals surface area (Å²) in [6.45, 7) is 0.890. The number of carbonyl (C=O) groups is 1. The molecule has 2 heterocycles. The molecule has 1 fully saturated rings. The summed E-state index contributed by atoms with van der Waals surface area (Å²) in [4.78, 5) is 15.7. The molecule has 4 rings (SSSR count). The summed E-state index contributed by atoms with van der Waals surface area (Å²) in [5.41, 5.74) is 4.57. The lowest BCUT2D eigenvalue weighted by Crippen LogP contribution is -2.49. The predicted octanol–water partition coefficient (Wildman–Crippen LogP) is 3.81. The van der Waals surface area contributed by atoms with Crippen molar-refractivity contribution in [2.45, 2.75) is 24.9 Å². The van der Waals surface area contributed by atoms with Crippen molar-refractivity contribution in [2.75, 3.05) is 29.9 Å². The second kappa shape index (κ2) is 6.82. The zero-order valence-electron chi connectivity index (χ0n) is 14.7. The Morgan fingerprint density at radius 2 is 2.04 bits per heavy atom. The van der Waals surface area contributed by atoms with E-state index in [1.807, 2.05) is 18.2 Å². The van der Waals surface area contributed by atoms with E-state index in [9.17, 15) is 4.79 Å². The fourth-order valence-corrected chi connectivity index (χ4v) is 4.43. The van der Waals surface area contributed by atoms with Crippen molar-refractivity contribution >= 4 is 34.6 Å². The third-order valence-electron chi connectivity index (χ3n) is 5.37. The molecule has 2 N–H and O–H groups in total. The van der Waals surface area contributed by atoms with Crippen LogP contribution in [0.25, 0.3) is 0 Å². The molecule has 26 heavy (non-hydrogen) atoms. The van der Waals surface area contributed by atoms with E-state index in [2.05, 4.69) is 46.4 Å². The maximum atomic E-state index is 11.1. The van der Waals surface area contributed by atoms with Crippen molar-refractivity contribution in [1.29, 1.82) is 0 Å². The van der Waals surface area contributed by atoms with Gasteiger partial charge in [0.25, 0.3) is 0 Å². The molecule has 0 amide bonds. The summed E-state index contributed by atoms with van der Waals surface area (Å²) in [6, 6.07) is 14.5. The molecule has 0 aromatic heterocycles. The van der Waals surface area contributed by atoms with Gasteiger partial charge in [-0.2, -0.15) is 0 Å². The van der Waals surface area contributed by atoms with Crippen molar-refractivity contribution in [3.63, 3.8) is 0 Å². The predicted molar refractivity (Wildman–Crippen MR) is 105 cm³/mol. The zero-order chi connectivity index (χ0) is 18.3. The average molecular weight is 372 g/mol. The number of para-hydroxylation sites is 1. The van der Waals surface area contributed by atoms with Crippen LogP contribution in [-0.4, -0.2) is 37.3 Å². The largest absolute Gasteiger partial charge is 0.480 e. The number of aliphatic carboxylic acids is 1. The van der Waals surface area contributed by atoms with Gasteiger partial charge < -0.3 is 20.2 Å². The van der Waals surface area contributed by atoms with Crippen LogP contribution in [0.3, 0.4) is 0 Å². The lowest BCUT2D eigenvalue weighted by Gasteiger charge is -2.43. The minimum Gasteiger partial charge on any atom is -0.480 e. The molecule has 6 heteroatoms. The van der Waals surface area contributed by atoms with Gasteiger partial charge in [0.2, 0.25) is 0 Å². The Morgan fingerprint density at radius 3 is 2.85 bits per heavy atom. The molecule has 2 aliphatic heterocycles. The number of rotatable bonds is 3. The molecule has 2 aromatic carbocycles. The van der Waals surface area contributed by atoms with Crippen LogP contribution in [0.2, 0.25) is 5.02 Å². The van der Waals surface area contributed by atoms with Crippen LogP contribution in [0.5, 0.6) is 0 Å². The number of hydrogen-bond acceptors (Lipinski definition) is 4. The van der Waals surface area contributed by atoms with Gasteiger partial charge in [0.1, 0.15) is 0 Å². The molecule has 1 saturated heterocycles. The number of carboxylic acids is 1. The molecule has 0 unspecified atom stereocenters. The van der Waals surface area contributed by atoms with E-state index in [4.69, 9.17) is 16.7 Å². The molecule has 2 aromatic rings. The quantitative estimate of drug-likeness (QED) is 0.859. The fraction of sp³-hybridized carbons (Fsp3) is 0.350. The average Bonchev–Trinajstić information content (AvgIpc) is 2.74. The summed E-state index contributed by atoms with van der Waals surface area (Å²) in [5.74, 6) is -0.829. The molecule has 2 atom stereocenters. The molecule has 0 saturated carbocycles. The summed E-state index contributed by atoms with van der Waals surface area (Å²) < 4.78 is 0. The number of anilines is 3. The van der Waals surface area contributed by atoms with Crippen LogP contribution >= 0.6 is 11.6 Å². The number of halogens is 1. The van der Waals surface area contributed by atoms with Gasteiger partial charge in [-0.15, -0.1) is 0 Å². The molecule has 2 aliphatic rings. The molecule has 0 aliphatic carbocycles. The molecule has 5 nitrogen and oxygen atoms in total. The molecule has 0 bridgehead atoms. The number of piperidine rings is 1. The lowest BCUT2D eigenvalue weighted by atomic mass is 9.89. The summed E-state index contributed by atoms with van der Waals surface area (Å²) in [5, 5.41) is 13.1. The van der Waals surface area contributed by atoms with Crippen LogP contribution in [0.15, 0.2) is 42.5 Å². The van der Waals surface area contributed by atoms with Crippen molar-refractivity contribution in [3.05, 3.63) is 53.1 Å². The van der Waals surface area contributed by atoms with Gasteiger partial charge in [-0.3, -0.25) is 4.79 Å². The van der Waals surface area contributed by atoms with Gasteiger partial charge in [0, 0.05) is 30.3 Å². The monoisotopic (exact) mass is 371 g/mol. The second-order valence-electron chi connectivity index (χ2n) is 6.91. The Morgan fingerprint density at radius 1 is 1.23 bits per heavy atom. The van der Waals surface area contributed by atoms with Crippen molar-refractivity contribution in [2.24, 2.45) is 0 Å². The summed E-state index contributed by atoms with van der Waals surface area (Å²) >= 11 is 6.32. The Kier molecular flexibility index (Phi) is 4.51. The van der Waals surface area contributed by atoms with E-state index < -0.39 is 5.97 Å². The maximum absolute atomic E-state index is 11.1. The van der Waals surface area contributed by atoms with Crippen molar-refractivity contribution < 1.29 is 9.90 Å². The summed E-state index contributed by atoms with van der Waals surface area (Å²) in [6.07, 6.45) is 1.95. The van der Waals surface area contributed by atoms with Gasteiger partial charge in [-0.05, 0) is 42.7 Å². The van der Waals surface area contributed by atoms with E-state index in [0.29, 0.717) is 5.02 Å². The molecule has 0 radical (unpaired) electrons. The van der Waals surface area contributed by atoms with Gasteiger partial charge in [-0.25, -0.2) is 0 Å². The fourth-order valence-electron chi connectivity index (χ4n) is 4.27. The number of nitrogens with one attached hydrogen (secondary N) is 1. The number of benzene rings is 2. The van der Waals surface area contributed by atoms with E-state index in [1.54, 1.807) is 0 Å². The minimum atomic E-state index is -0.829. The Hall–Kier alpha value is -2.24. The lowest BCUT2D eigenvalue weighted by molar-refractivity contribution is -0.136. The molecular formula is C20H22ClN3O2. The number of nitrogens with zero attached hydrogens (tertiary/aromatic N) is 2. The Bertz CT molecular complexity index is 842. The third-order valence-corrected chi connectivity index (χ3v) is 5.61. The highest BCUT2D eigenvalue weighted by Crippen LogP contribution is 2.48.